The monoisotopic (exact) mass is 374 g/mol. The quantitative estimate of drug-likeness (QED) is 0.580. The van der Waals surface area contributed by atoms with Crippen LogP contribution in [-0.4, -0.2) is 40.3 Å². The minimum atomic E-state index is -0.479. The Kier molecular flexibility index (Phi) is 4.75. The summed E-state index contributed by atoms with van der Waals surface area (Å²) in [6.45, 7) is 6.13. The van der Waals surface area contributed by atoms with Gasteiger partial charge in [0.1, 0.15) is 5.82 Å². The normalized spacial score (nSPS) is 12.9. The highest BCUT2D eigenvalue weighted by Crippen LogP contribution is 2.20. The number of aromatic nitrogens is 6. The lowest BCUT2D eigenvalue weighted by Gasteiger charge is -2.06. The molecule has 0 radical (unpaired) electrons. The van der Waals surface area contributed by atoms with E-state index in [0.29, 0.717) is 18.1 Å². The zero-order valence-corrected chi connectivity index (χ0v) is 16.1. The number of hydrogen-bond donors (Lipinski definition) is 1. The molecule has 0 aliphatic carbocycles. The molecular weight excluding hydrogens is 352 g/mol. The highest BCUT2D eigenvalue weighted by atomic mass is 16.3. The van der Waals surface area contributed by atoms with Gasteiger partial charge in [0.25, 0.3) is 5.78 Å². The van der Waals surface area contributed by atoms with E-state index in [1.165, 1.54) is 0 Å². The van der Waals surface area contributed by atoms with Crippen LogP contribution in [0.3, 0.4) is 0 Å². The molecule has 0 saturated carbocycles. The van der Waals surface area contributed by atoms with Gasteiger partial charge in [0.15, 0.2) is 5.82 Å². The number of aryl methyl sites for hydroxylation is 2. The first kappa shape index (κ1) is 18.1. The summed E-state index contributed by atoms with van der Waals surface area (Å²) in [5, 5.41) is 14.3. The molecule has 0 fully saturated rings. The van der Waals surface area contributed by atoms with Crippen LogP contribution in [-0.2, 0) is 6.54 Å². The Bertz CT molecular complexity index is 1140. The molecule has 0 spiro atoms. The Morgan fingerprint density at radius 2 is 1.86 bits per heavy atom. The summed E-state index contributed by atoms with van der Waals surface area (Å²) in [5.41, 5.74) is 3.78. The molecule has 142 valence electrons. The van der Waals surface area contributed by atoms with Gasteiger partial charge in [0, 0.05) is 29.7 Å². The van der Waals surface area contributed by atoms with Gasteiger partial charge >= 0.3 is 0 Å². The highest BCUT2D eigenvalue weighted by molar-refractivity contribution is 5.67. The topological polar surface area (TPSA) is 81.1 Å². The summed E-state index contributed by atoms with van der Waals surface area (Å²) in [4.78, 5) is 13.6. The summed E-state index contributed by atoms with van der Waals surface area (Å²) in [7, 11) is 0. The molecule has 0 bridgehead atoms. The van der Waals surface area contributed by atoms with Crippen molar-refractivity contribution < 1.29 is 5.11 Å². The van der Waals surface area contributed by atoms with Crippen LogP contribution in [0.25, 0.3) is 29.2 Å². The van der Waals surface area contributed by atoms with Gasteiger partial charge in [0.2, 0.25) is 0 Å². The Balaban J connectivity index is 1.70. The van der Waals surface area contributed by atoms with Crippen LogP contribution in [0, 0.1) is 13.8 Å². The maximum absolute atomic E-state index is 9.84. The molecule has 0 aliphatic heterocycles. The molecule has 28 heavy (non-hydrogen) atoms. The predicted octanol–water partition coefficient (Wildman–Crippen LogP) is 3.16. The zero-order valence-electron chi connectivity index (χ0n) is 16.1. The van der Waals surface area contributed by atoms with Gasteiger partial charge in [0.05, 0.1) is 11.8 Å². The number of aliphatic hydroxyl groups excluding tert-OH is 1. The van der Waals surface area contributed by atoms with Crippen molar-refractivity contribution in [2.45, 2.75) is 33.4 Å². The van der Waals surface area contributed by atoms with Crippen LogP contribution >= 0.6 is 0 Å². The summed E-state index contributed by atoms with van der Waals surface area (Å²) >= 11 is 0. The fourth-order valence-corrected chi connectivity index (χ4v) is 3.14. The maximum atomic E-state index is 9.84. The van der Waals surface area contributed by atoms with Crippen molar-refractivity contribution in [2.75, 3.05) is 0 Å². The number of hydrogen-bond acceptors (Lipinski definition) is 5. The summed E-state index contributed by atoms with van der Waals surface area (Å²) in [5.74, 6) is 1.88. The van der Waals surface area contributed by atoms with Gasteiger partial charge in [-0.15, -0.1) is 5.10 Å². The van der Waals surface area contributed by atoms with E-state index in [1.54, 1.807) is 11.4 Å². The largest absolute Gasteiger partial charge is 0.392 e. The Morgan fingerprint density at radius 3 is 2.61 bits per heavy atom. The molecule has 7 nitrogen and oxygen atoms in total. The number of imidazole rings is 1. The van der Waals surface area contributed by atoms with E-state index in [-0.39, 0.29) is 0 Å². The molecule has 3 aromatic heterocycles. The molecule has 0 saturated heterocycles. The van der Waals surface area contributed by atoms with Crippen LogP contribution in [0.1, 0.15) is 30.0 Å². The fraction of sp³-hybridized carbons (Fsp3) is 0.238. The molecule has 1 unspecified atom stereocenters. The highest BCUT2D eigenvalue weighted by Gasteiger charge is 2.10. The van der Waals surface area contributed by atoms with Crippen molar-refractivity contribution in [2.24, 2.45) is 0 Å². The van der Waals surface area contributed by atoms with Gasteiger partial charge in [-0.1, -0.05) is 30.3 Å². The van der Waals surface area contributed by atoms with E-state index in [2.05, 4.69) is 15.1 Å². The molecular formula is C21H22N6O. The van der Waals surface area contributed by atoms with Crippen LogP contribution < -0.4 is 0 Å². The maximum Gasteiger partial charge on any atom is 0.253 e. The standard InChI is InChI=1S/C21H22N6O/c1-14-11-15(2)27-21(22-14)24-19(25-27)9-10-20-23-18(13-26(20)12-16(3)28)17-7-5-4-6-8-17/h4-11,13,16,28H,12H2,1-3H3. The first-order valence-corrected chi connectivity index (χ1v) is 9.19. The van der Waals surface area contributed by atoms with Gasteiger partial charge in [-0.25, -0.2) is 14.5 Å². The number of rotatable bonds is 5. The minimum Gasteiger partial charge on any atom is -0.392 e. The lowest BCUT2D eigenvalue weighted by molar-refractivity contribution is 0.173. The molecule has 0 amide bonds. The van der Waals surface area contributed by atoms with Crippen LogP contribution in [0.15, 0.2) is 42.6 Å². The Hall–Kier alpha value is -3.32. The molecule has 0 aliphatic rings. The van der Waals surface area contributed by atoms with Gasteiger partial charge in [-0.2, -0.15) is 4.98 Å². The molecule has 1 aromatic carbocycles. The molecule has 7 heteroatoms. The second-order valence-electron chi connectivity index (χ2n) is 6.91. The molecule has 3 heterocycles. The van der Waals surface area contributed by atoms with E-state index < -0.39 is 6.10 Å². The lowest BCUT2D eigenvalue weighted by Crippen LogP contribution is -2.12. The third-order valence-corrected chi connectivity index (χ3v) is 4.35. The van der Waals surface area contributed by atoms with E-state index in [4.69, 9.17) is 4.98 Å². The van der Waals surface area contributed by atoms with E-state index in [0.717, 1.165) is 28.5 Å². The number of aliphatic hydroxyl groups is 1. The minimum absolute atomic E-state index is 0.456. The number of nitrogens with zero attached hydrogens (tertiary/aromatic N) is 6. The lowest BCUT2D eigenvalue weighted by atomic mass is 10.2. The average Bonchev–Trinajstić information content (AvgIpc) is 3.24. The van der Waals surface area contributed by atoms with Crippen molar-refractivity contribution >= 4 is 17.9 Å². The van der Waals surface area contributed by atoms with Crippen LogP contribution in [0.4, 0.5) is 0 Å². The van der Waals surface area contributed by atoms with E-state index in [9.17, 15) is 5.11 Å². The smallest absolute Gasteiger partial charge is 0.253 e. The third-order valence-electron chi connectivity index (χ3n) is 4.35. The molecule has 1 N–H and O–H groups in total. The first-order valence-electron chi connectivity index (χ1n) is 9.19. The van der Waals surface area contributed by atoms with Gasteiger partial charge < -0.3 is 9.67 Å². The van der Waals surface area contributed by atoms with E-state index >= 15 is 0 Å². The van der Waals surface area contributed by atoms with Crippen molar-refractivity contribution in [3.63, 3.8) is 0 Å². The Morgan fingerprint density at radius 1 is 1.07 bits per heavy atom. The summed E-state index contributed by atoms with van der Waals surface area (Å²) in [6.07, 6.45) is 5.16. The van der Waals surface area contributed by atoms with Crippen molar-refractivity contribution in [1.82, 2.24) is 29.1 Å². The Labute approximate surface area is 163 Å². The van der Waals surface area contributed by atoms with Crippen molar-refractivity contribution in [3.05, 3.63) is 65.6 Å². The predicted molar refractivity (Wildman–Crippen MR) is 109 cm³/mol. The SMILES string of the molecule is Cc1cc(C)n2nc(C=Cc3nc(-c4ccccc4)cn3CC(C)O)nc2n1. The molecule has 4 aromatic rings. The first-order chi connectivity index (χ1) is 13.5. The average molecular weight is 374 g/mol. The van der Waals surface area contributed by atoms with Crippen molar-refractivity contribution in [3.8, 4) is 11.3 Å². The van der Waals surface area contributed by atoms with Gasteiger partial charge in [-0.3, -0.25) is 0 Å². The van der Waals surface area contributed by atoms with Crippen molar-refractivity contribution in [1.29, 1.82) is 0 Å². The van der Waals surface area contributed by atoms with E-state index in [1.807, 2.05) is 73.2 Å². The summed E-state index contributed by atoms with van der Waals surface area (Å²) in [6, 6.07) is 11.9. The summed E-state index contributed by atoms with van der Waals surface area (Å²) < 4.78 is 3.66. The second kappa shape index (κ2) is 7.36. The molecule has 4 rings (SSSR count). The zero-order chi connectivity index (χ0) is 19.7. The second-order valence-corrected chi connectivity index (χ2v) is 6.91. The number of benzene rings is 1. The number of fused-ring (bicyclic) bond motifs is 1. The van der Waals surface area contributed by atoms with Gasteiger partial charge in [-0.05, 0) is 39.0 Å². The molecule has 1 atom stereocenters. The van der Waals surface area contributed by atoms with Crippen LogP contribution in [0.2, 0.25) is 0 Å². The fourth-order valence-electron chi connectivity index (χ4n) is 3.14. The third kappa shape index (κ3) is 3.70. The van der Waals surface area contributed by atoms with Crippen LogP contribution in [0.5, 0.6) is 0 Å².